The summed E-state index contributed by atoms with van der Waals surface area (Å²) >= 11 is 3.55. The number of hydrogen-bond donors (Lipinski definition) is 1. The molecule has 1 aromatic rings. The van der Waals surface area contributed by atoms with Gasteiger partial charge in [-0.3, -0.25) is 0 Å². The standard InChI is InChI=1S/C16H26BrNO3/c1-3-4-9-20-11-12-21-16-14(6-5-7-15(16)17)13-18-8-10-19-2/h5-7,18H,3-4,8-13H2,1-2H3. The summed E-state index contributed by atoms with van der Waals surface area (Å²) in [6, 6.07) is 6.08. The number of hydrogen-bond acceptors (Lipinski definition) is 4. The zero-order valence-electron chi connectivity index (χ0n) is 13.0. The van der Waals surface area contributed by atoms with Crippen LogP contribution >= 0.6 is 15.9 Å². The highest BCUT2D eigenvalue weighted by atomic mass is 79.9. The second-order valence-corrected chi connectivity index (χ2v) is 5.57. The number of halogens is 1. The van der Waals surface area contributed by atoms with Crippen LogP contribution in [0.25, 0.3) is 0 Å². The van der Waals surface area contributed by atoms with Gasteiger partial charge in [-0.2, -0.15) is 0 Å². The lowest BCUT2D eigenvalue weighted by atomic mass is 10.2. The Morgan fingerprint density at radius 1 is 1.14 bits per heavy atom. The van der Waals surface area contributed by atoms with Crippen molar-refractivity contribution in [2.75, 3.05) is 40.1 Å². The Labute approximate surface area is 136 Å². The minimum atomic E-state index is 0.567. The second kappa shape index (κ2) is 12.0. The zero-order chi connectivity index (χ0) is 15.3. The van der Waals surface area contributed by atoms with E-state index in [0.29, 0.717) is 19.8 Å². The molecule has 0 aliphatic heterocycles. The highest BCUT2D eigenvalue weighted by Gasteiger charge is 2.07. The van der Waals surface area contributed by atoms with Crippen LogP contribution in [0.4, 0.5) is 0 Å². The third-order valence-corrected chi connectivity index (χ3v) is 3.59. The van der Waals surface area contributed by atoms with Gasteiger partial charge in [0.2, 0.25) is 0 Å². The van der Waals surface area contributed by atoms with Crippen molar-refractivity contribution < 1.29 is 14.2 Å². The predicted molar refractivity (Wildman–Crippen MR) is 88.9 cm³/mol. The van der Waals surface area contributed by atoms with Crippen molar-refractivity contribution in [3.05, 3.63) is 28.2 Å². The quantitative estimate of drug-likeness (QED) is 0.580. The first kappa shape index (κ1) is 18.4. The molecule has 0 radical (unpaired) electrons. The van der Waals surface area contributed by atoms with Gasteiger partial charge in [0.25, 0.3) is 0 Å². The van der Waals surface area contributed by atoms with E-state index >= 15 is 0 Å². The molecular weight excluding hydrogens is 334 g/mol. The van der Waals surface area contributed by atoms with Crippen LogP contribution in [0.2, 0.25) is 0 Å². The normalized spacial score (nSPS) is 10.8. The average Bonchev–Trinajstić information content (AvgIpc) is 2.49. The van der Waals surface area contributed by atoms with Crippen LogP contribution in [0.15, 0.2) is 22.7 Å². The molecule has 0 aromatic heterocycles. The molecule has 1 rings (SSSR count). The van der Waals surface area contributed by atoms with Gasteiger partial charge in [0.15, 0.2) is 0 Å². The van der Waals surface area contributed by atoms with Crippen LogP contribution in [-0.4, -0.2) is 40.1 Å². The smallest absolute Gasteiger partial charge is 0.138 e. The van der Waals surface area contributed by atoms with Gasteiger partial charge >= 0.3 is 0 Å². The summed E-state index contributed by atoms with van der Waals surface area (Å²) in [6.45, 7) is 6.44. The zero-order valence-corrected chi connectivity index (χ0v) is 14.6. The molecule has 0 aliphatic carbocycles. The van der Waals surface area contributed by atoms with Crippen molar-refractivity contribution in [2.24, 2.45) is 0 Å². The number of rotatable bonds is 12. The molecule has 1 aromatic carbocycles. The monoisotopic (exact) mass is 359 g/mol. The maximum atomic E-state index is 5.86. The topological polar surface area (TPSA) is 39.7 Å². The van der Waals surface area contributed by atoms with Crippen molar-refractivity contribution in [1.82, 2.24) is 5.32 Å². The molecule has 0 bridgehead atoms. The van der Waals surface area contributed by atoms with E-state index < -0.39 is 0 Å². The van der Waals surface area contributed by atoms with Crippen molar-refractivity contribution in [2.45, 2.75) is 26.3 Å². The molecule has 0 heterocycles. The van der Waals surface area contributed by atoms with Gasteiger partial charge in [-0.05, 0) is 28.4 Å². The van der Waals surface area contributed by atoms with E-state index in [-0.39, 0.29) is 0 Å². The van der Waals surface area contributed by atoms with Gasteiger partial charge in [-0.15, -0.1) is 0 Å². The Hall–Kier alpha value is -0.620. The Morgan fingerprint density at radius 2 is 2.00 bits per heavy atom. The van der Waals surface area contributed by atoms with Crippen LogP contribution in [0, 0.1) is 0 Å². The lowest BCUT2D eigenvalue weighted by Crippen LogP contribution is -2.19. The molecule has 0 aliphatic rings. The summed E-state index contributed by atoms with van der Waals surface area (Å²) in [5, 5.41) is 3.33. The largest absolute Gasteiger partial charge is 0.490 e. The molecule has 0 saturated carbocycles. The fraction of sp³-hybridized carbons (Fsp3) is 0.625. The molecule has 0 atom stereocenters. The summed E-state index contributed by atoms with van der Waals surface area (Å²) < 4.78 is 17.4. The number of ether oxygens (including phenoxy) is 3. The number of nitrogens with one attached hydrogen (secondary N) is 1. The van der Waals surface area contributed by atoms with Crippen LogP contribution < -0.4 is 10.1 Å². The minimum absolute atomic E-state index is 0.567. The van der Waals surface area contributed by atoms with Crippen LogP contribution in [0.5, 0.6) is 5.75 Å². The van der Waals surface area contributed by atoms with Crippen molar-refractivity contribution in [3.63, 3.8) is 0 Å². The maximum absolute atomic E-state index is 5.86. The maximum Gasteiger partial charge on any atom is 0.138 e. The van der Waals surface area contributed by atoms with Crippen LogP contribution in [-0.2, 0) is 16.0 Å². The SMILES string of the molecule is CCCCOCCOc1c(Br)cccc1CNCCOC. The van der Waals surface area contributed by atoms with Gasteiger partial charge in [0.1, 0.15) is 12.4 Å². The van der Waals surface area contributed by atoms with Crippen LogP contribution in [0.3, 0.4) is 0 Å². The molecule has 4 nitrogen and oxygen atoms in total. The van der Waals surface area contributed by atoms with Crippen molar-refractivity contribution in [3.8, 4) is 5.75 Å². The van der Waals surface area contributed by atoms with Gasteiger partial charge in [0, 0.05) is 32.4 Å². The molecule has 0 fully saturated rings. The van der Waals surface area contributed by atoms with Crippen molar-refractivity contribution in [1.29, 1.82) is 0 Å². The number of methoxy groups -OCH3 is 1. The van der Waals surface area contributed by atoms with E-state index in [0.717, 1.165) is 48.3 Å². The minimum Gasteiger partial charge on any atom is -0.490 e. The Morgan fingerprint density at radius 3 is 2.76 bits per heavy atom. The third kappa shape index (κ3) is 7.81. The lowest BCUT2D eigenvalue weighted by Gasteiger charge is -2.14. The fourth-order valence-electron chi connectivity index (χ4n) is 1.80. The first-order valence-electron chi connectivity index (χ1n) is 7.47. The number of benzene rings is 1. The molecule has 0 unspecified atom stereocenters. The van der Waals surface area contributed by atoms with E-state index in [9.17, 15) is 0 Å². The second-order valence-electron chi connectivity index (χ2n) is 4.71. The van der Waals surface area contributed by atoms with E-state index in [1.54, 1.807) is 7.11 Å². The summed E-state index contributed by atoms with van der Waals surface area (Å²) in [6.07, 6.45) is 2.26. The van der Waals surface area contributed by atoms with Gasteiger partial charge < -0.3 is 19.5 Å². The summed E-state index contributed by atoms with van der Waals surface area (Å²) in [5.41, 5.74) is 1.13. The molecule has 0 spiro atoms. The molecule has 21 heavy (non-hydrogen) atoms. The summed E-state index contributed by atoms with van der Waals surface area (Å²) in [5.74, 6) is 0.890. The molecule has 5 heteroatoms. The van der Waals surface area contributed by atoms with E-state index in [2.05, 4.69) is 34.2 Å². The van der Waals surface area contributed by atoms with Crippen LogP contribution in [0.1, 0.15) is 25.3 Å². The molecule has 1 N–H and O–H groups in total. The third-order valence-electron chi connectivity index (χ3n) is 2.96. The Balaban J connectivity index is 2.39. The first-order chi connectivity index (χ1) is 10.3. The Kier molecular flexibility index (Phi) is 10.5. The average molecular weight is 360 g/mol. The predicted octanol–water partition coefficient (Wildman–Crippen LogP) is 3.38. The lowest BCUT2D eigenvalue weighted by molar-refractivity contribution is 0.0974. The van der Waals surface area contributed by atoms with E-state index in [1.165, 1.54) is 0 Å². The summed E-state index contributed by atoms with van der Waals surface area (Å²) in [7, 11) is 1.70. The highest BCUT2D eigenvalue weighted by molar-refractivity contribution is 9.10. The number of unbranched alkanes of at least 4 members (excludes halogenated alkanes) is 1. The van der Waals surface area contributed by atoms with Gasteiger partial charge in [-0.25, -0.2) is 0 Å². The molecule has 0 amide bonds. The highest BCUT2D eigenvalue weighted by Crippen LogP contribution is 2.29. The molecule has 120 valence electrons. The van der Waals surface area contributed by atoms with E-state index in [4.69, 9.17) is 14.2 Å². The number of para-hydroxylation sites is 1. The Bertz CT molecular complexity index is 388. The van der Waals surface area contributed by atoms with Gasteiger partial charge in [0.05, 0.1) is 17.7 Å². The van der Waals surface area contributed by atoms with Crippen molar-refractivity contribution >= 4 is 15.9 Å². The summed E-state index contributed by atoms with van der Waals surface area (Å²) in [4.78, 5) is 0. The molecular formula is C16H26BrNO3. The fourth-order valence-corrected chi connectivity index (χ4v) is 2.32. The first-order valence-corrected chi connectivity index (χ1v) is 8.26. The molecule has 0 saturated heterocycles. The van der Waals surface area contributed by atoms with E-state index in [1.807, 2.05) is 12.1 Å². The van der Waals surface area contributed by atoms with Gasteiger partial charge in [-0.1, -0.05) is 25.5 Å².